The van der Waals surface area contributed by atoms with Gasteiger partial charge in [0.2, 0.25) is 0 Å². The molecule has 1 nitrogen and oxygen atoms in total. The van der Waals surface area contributed by atoms with Crippen molar-refractivity contribution < 1.29 is 9.13 Å². The summed E-state index contributed by atoms with van der Waals surface area (Å²) in [6.07, 6.45) is 0. The highest BCUT2D eigenvalue weighted by Gasteiger charge is 2.23. The number of methoxy groups -OCH3 is 1. The average molecular weight is 487 g/mol. The Morgan fingerprint density at radius 2 is 1.90 bits per heavy atom. The largest absolute Gasteiger partial charge is 0.495 e. The lowest BCUT2D eigenvalue weighted by atomic mass is 10.0. The van der Waals surface area contributed by atoms with Crippen molar-refractivity contribution in [1.29, 1.82) is 0 Å². The third-order valence-corrected chi connectivity index (χ3v) is 5.22. The van der Waals surface area contributed by atoms with Gasteiger partial charge in [0.05, 0.1) is 16.4 Å². The van der Waals surface area contributed by atoms with E-state index >= 15 is 0 Å². The van der Waals surface area contributed by atoms with Gasteiger partial charge in [0.25, 0.3) is 0 Å². The van der Waals surface area contributed by atoms with Crippen LogP contribution in [0.1, 0.15) is 16.0 Å². The molecule has 0 radical (unpaired) electrons. The molecule has 0 heterocycles. The smallest absolute Gasteiger partial charge is 0.137 e. The van der Waals surface area contributed by atoms with Crippen molar-refractivity contribution >= 4 is 59.4 Å². The van der Waals surface area contributed by atoms with E-state index in [0.29, 0.717) is 20.8 Å². The van der Waals surface area contributed by atoms with Crippen LogP contribution in [-0.2, 0) is 0 Å². The van der Waals surface area contributed by atoms with Crippen molar-refractivity contribution in [2.75, 3.05) is 7.11 Å². The number of halogens is 5. The number of alkyl halides is 1. The average Bonchev–Trinajstić information content (AvgIpc) is 2.37. The molecule has 0 aliphatic rings. The Labute approximate surface area is 146 Å². The van der Waals surface area contributed by atoms with Gasteiger partial charge in [-0.2, -0.15) is 0 Å². The van der Waals surface area contributed by atoms with Gasteiger partial charge in [-0.15, -0.1) is 0 Å². The molecule has 2 aromatic carbocycles. The van der Waals surface area contributed by atoms with Crippen molar-refractivity contribution in [2.45, 2.75) is 4.83 Å². The van der Waals surface area contributed by atoms with Gasteiger partial charge in [-0.3, -0.25) is 0 Å². The van der Waals surface area contributed by atoms with E-state index in [1.54, 1.807) is 31.4 Å². The van der Waals surface area contributed by atoms with Crippen LogP contribution < -0.4 is 4.74 Å². The number of benzene rings is 2. The van der Waals surface area contributed by atoms with Crippen LogP contribution in [0, 0.1) is 5.82 Å². The first-order chi connectivity index (χ1) is 9.45. The molecule has 0 saturated heterocycles. The highest BCUT2D eigenvalue weighted by Crippen LogP contribution is 2.44. The van der Waals surface area contributed by atoms with Crippen molar-refractivity contribution in [3.8, 4) is 5.75 Å². The minimum absolute atomic E-state index is 0.306. The van der Waals surface area contributed by atoms with Gasteiger partial charge in [-0.25, -0.2) is 4.39 Å². The fourth-order valence-electron chi connectivity index (χ4n) is 1.89. The molecule has 0 saturated carbocycles. The van der Waals surface area contributed by atoms with E-state index in [1.807, 2.05) is 0 Å². The van der Waals surface area contributed by atoms with Gasteiger partial charge in [0.1, 0.15) is 11.6 Å². The molecular weight excluding hydrogens is 478 g/mol. The summed E-state index contributed by atoms with van der Waals surface area (Å²) < 4.78 is 20.9. The Bertz CT molecular complexity index is 628. The van der Waals surface area contributed by atoms with Crippen LogP contribution in [0.15, 0.2) is 39.3 Å². The van der Waals surface area contributed by atoms with Gasteiger partial charge in [-0.1, -0.05) is 49.5 Å². The fourth-order valence-corrected chi connectivity index (χ4v) is 4.57. The third-order valence-electron chi connectivity index (χ3n) is 2.77. The predicted octanol–water partition coefficient (Wildman–Crippen LogP) is 6.50. The van der Waals surface area contributed by atoms with Crippen molar-refractivity contribution in [2.24, 2.45) is 0 Å². The second kappa shape index (κ2) is 6.77. The maximum absolute atomic E-state index is 14.1. The molecule has 2 rings (SSSR count). The molecule has 0 aliphatic carbocycles. The van der Waals surface area contributed by atoms with Gasteiger partial charge in [0.15, 0.2) is 0 Å². The van der Waals surface area contributed by atoms with E-state index in [0.717, 1.165) is 10.0 Å². The summed E-state index contributed by atoms with van der Waals surface area (Å²) >= 11 is 16.4. The summed E-state index contributed by atoms with van der Waals surface area (Å²) in [7, 11) is 1.56. The molecule has 0 spiro atoms. The van der Waals surface area contributed by atoms with E-state index in [-0.39, 0.29) is 10.6 Å². The van der Waals surface area contributed by atoms with Crippen LogP contribution in [-0.4, -0.2) is 7.11 Å². The van der Waals surface area contributed by atoms with E-state index in [9.17, 15) is 4.39 Å². The quantitative estimate of drug-likeness (QED) is 0.450. The normalized spacial score (nSPS) is 12.3. The maximum Gasteiger partial charge on any atom is 0.137 e. The van der Waals surface area contributed by atoms with E-state index in [4.69, 9.17) is 16.3 Å². The van der Waals surface area contributed by atoms with Crippen molar-refractivity contribution in [3.63, 3.8) is 0 Å². The maximum atomic E-state index is 14.1. The van der Waals surface area contributed by atoms with Gasteiger partial charge >= 0.3 is 0 Å². The highest BCUT2D eigenvalue weighted by molar-refractivity contribution is 9.11. The molecule has 6 heteroatoms. The lowest BCUT2D eigenvalue weighted by molar-refractivity contribution is 0.407. The minimum atomic E-state index is -0.386. The molecule has 20 heavy (non-hydrogen) atoms. The molecule has 0 aromatic heterocycles. The Balaban J connectivity index is 2.62. The number of hydrogen-bond donors (Lipinski definition) is 0. The molecule has 1 unspecified atom stereocenters. The Morgan fingerprint density at radius 3 is 2.50 bits per heavy atom. The standard InChI is InChI=1S/C14H9Br3ClFO/c1-20-14-8(5-7(18)6-10(14)16)13(17)12-9(15)3-2-4-11(12)19/h2-6,13H,1H3. The zero-order valence-electron chi connectivity index (χ0n) is 10.3. The molecule has 0 aliphatic heterocycles. The van der Waals surface area contributed by atoms with Crippen molar-refractivity contribution in [3.05, 3.63) is 61.2 Å². The lowest BCUT2D eigenvalue weighted by Gasteiger charge is -2.18. The summed E-state index contributed by atoms with van der Waals surface area (Å²) in [5.74, 6) is 0.311. The van der Waals surface area contributed by atoms with Crippen LogP contribution >= 0.6 is 59.4 Å². The van der Waals surface area contributed by atoms with Crippen LogP contribution in [0.25, 0.3) is 0 Å². The molecule has 106 valence electrons. The summed E-state index contributed by atoms with van der Waals surface area (Å²) in [4.78, 5) is -0.386. The zero-order valence-corrected chi connectivity index (χ0v) is 15.8. The number of ether oxygens (including phenoxy) is 1. The fraction of sp³-hybridized carbons (Fsp3) is 0.143. The van der Waals surface area contributed by atoms with Crippen LogP contribution in [0.2, 0.25) is 5.02 Å². The summed E-state index contributed by atoms with van der Waals surface area (Å²) in [6.45, 7) is 0. The Hall–Kier alpha value is -0.100. The topological polar surface area (TPSA) is 9.23 Å². The Kier molecular flexibility index (Phi) is 5.51. The summed E-state index contributed by atoms with van der Waals surface area (Å²) in [5, 5.41) is 0.546. The highest BCUT2D eigenvalue weighted by atomic mass is 79.9. The SMILES string of the molecule is COc1c(Br)cc(Cl)cc1C(Br)c1c(F)cccc1Br. The van der Waals surface area contributed by atoms with Crippen LogP contribution in [0.5, 0.6) is 5.75 Å². The van der Waals surface area contributed by atoms with E-state index in [1.165, 1.54) is 6.07 Å². The summed E-state index contributed by atoms with van der Waals surface area (Å²) in [5.41, 5.74) is 1.25. The van der Waals surface area contributed by atoms with E-state index < -0.39 is 0 Å². The molecule has 0 N–H and O–H groups in total. The number of rotatable bonds is 3. The minimum Gasteiger partial charge on any atom is -0.495 e. The van der Waals surface area contributed by atoms with E-state index in [2.05, 4.69) is 47.8 Å². The molecular formula is C14H9Br3ClFO. The van der Waals surface area contributed by atoms with Gasteiger partial charge < -0.3 is 4.74 Å². The second-order valence-corrected chi connectivity index (χ2v) is 7.07. The first kappa shape index (κ1) is 16.3. The lowest BCUT2D eigenvalue weighted by Crippen LogP contribution is -2.01. The molecule has 0 bridgehead atoms. The van der Waals surface area contributed by atoms with Crippen molar-refractivity contribution in [1.82, 2.24) is 0 Å². The first-order valence-corrected chi connectivity index (χ1v) is 8.44. The second-order valence-electron chi connectivity index (χ2n) is 4.01. The molecule has 2 aromatic rings. The zero-order chi connectivity index (χ0) is 14.9. The predicted molar refractivity (Wildman–Crippen MR) is 90.6 cm³/mol. The van der Waals surface area contributed by atoms with Gasteiger partial charge in [0, 0.05) is 20.6 Å². The van der Waals surface area contributed by atoms with Gasteiger partial charge in [-0.05, 0) is 40.2 Å². The molecule has 0 fully saturated rings. The van der Waals surface area contributed by atoms with Crippen LogP contribution in [0.3, 0.4) is 0 Å². The molecule has 0 amide bonds. The summed E-state index contributed by atoms with van der Waals surface area (Å²) in [6, 6.07) is 8.34. The molecule has 1 atom stereocenters. The third kappa shape index (κ3) is 3.21. The monoisotopic (exact) mass is 484 g/mol. The number of hydrogen-bond acceptors (Lipinski definition) is 1. The first-order valence-electron chi connectivity index (χ1n) is 5.56. The Morgan fingerprint density at radius 1 is 1.20 bits per heavy atom. The van der Waals surface area contributed by atoms with Crippen LogP contribution in [0.4, 0.5) is 4.39 Å².